The summed E-state index contributed by atoms with van der Waals surface area (Å²) in [5.74, 6) is 5.65. The van der Waals surface area contributed by atoms with E-state index in [1.54, 1.807) is 7.11 Å². The summed E-state index contributed by atoms with van der Waals surface area (Å²) in [5, 5.41) is 2.21. The third-order valence-corrected chi connectivity index (χ3v) is 8.51. The van der Waals surface area contributed by atoms with E-state index in [1.807, 2.05) is 0 Å². The number of fused-ring (bicyclic) bond motifs is 2. The van der Waals surface area contributed by atoms with Gasteiger partial charge in [-0.3, -0.25) is 0 Å². The summed E-state index contributed by atoms with van der Waals surface area (Å²) in [5.41, 5.74) is 4.73. The molecule has 5 aromatic rings. The third-order valence-electron chi connectivity index (χ3n) is 8.51. The van der Waals surface area contributed by atoms with Crippen LogP contribution in [0, 0.1) is 17.8 Å². The van der Waals surface area contributed by atoms with Crippen molar-refractivity contribution in [2.24, 2.45) is 17.8 Å². The number of hydrogen-bond donors (Lipinski definition) is 0. The van der Waals surface area contributed by atoms with Crippen LogP contribution in [0.3, 0.4) is 0 Å². The first kappa shape index (κ1) is 32.4. The molecule has 0 aliphatic carbocycles. The van der Waals surface area contributed by atoms with Crippen LogP contribution in [0.15, 0.2) is 78.9 Å². The summed E-state index contributed by atoms with van der Waals surface area (Å²) >= 11 is 0. The number of methoxy groups -OCH3 is 1. The first-order valence-electron chi connectivity index (χ1n) is 16.7. The summed E-state index contributed by atoms with van der Waals surface area (Å²) in [6.07, 6.45) is 3.10. The van der Waals surface area contributed by atoms with E-state index >= 15 is 0 Å². The minimum Gasteiger partial charge on any atom is -0.497 e. The Kier molecular flexibility index (Phi) is 10.7. The first-order valence-corrected chi connectivity index (χ1v) is 16.7. The van der Waals surface area contributed by atoms with E-state index in [2.05, 4.69) is 130 Å². The predicted molar refractivity (Wildman–Crippen MR) is 187 cm³/mol. The number of nitrogens with zero attached hydrogens (tertiary/aromatic N) is 2. The Hall–Kier alpha value is -3.99. The molecular weight excluding hydrogens is 556 g/mol. The van der Waals surface area contributed by atoms with E-state index in [0.717, 1.165) is 65.0 Å². The molecule has 0 radical (unpaired) electrons. The lowest BCUT2D eigenvalue weighted by molar-refractivity contribution is -0.651. The highest BCUT2D eigenvalue weighted by Gasteiger charge is 2.28. The molecule has 0 saturated heterocycles. The van der Waals surface area contributed by atoms with Gasteiger partial charge in [-0.05, 0) is 79.5 Å². The van der Waals surface area contributed by atoms with Gasteiger partial charge < -0.3 is 14.2 Å². The van der Waals surface area contributed by atoms with Gasteiger partial charge in [0.15, 0.2) is 11.0 Å². The van der Waals surface area contributed by atoms with Crippen LogP contribution in [0.1, 0.15) is 66.4 Å². The molecule has 4 aromatic carbocycles. The molecule has 45 heavy (non-hydrogen) atoms. The Bertz CT molecular complexity index is 1700. The van der Waals surface area contributed by atoms with Crippen LogP contribution in [0.25, 0.3) is 33.2 Å². The number of aryl methyl sites for hydroxylation is 1. The second kappa shape index (κ2) is 14.9. The highest BCUT2D eigenvalue weighted by molar-refractivity contribution is 5.94. The molecule has 0 unspecified atom stereocenters. The van der Waals surface area contributed by atoms with Crippen molar-refractivity contribution in [3.8, 4) is 28.6 Å². The Morgan fingerprint density at radius 3 is 1.98 bits per heavy atom. The SMILES string of the molecule is COc1ccc(-c2n(CCC(C)C)c3ccccc3[n+]2Cc2cc(OCCC(C)C)c3ccccc3c2OCCC(C)C)cc1. The molecule has 0 aliphatic heterocycles. The zero-order valence-electron chi connectivity index (χ0n) is 28.3. The van der Waals surface area contributed by atoms with Crippen LogP contribution in [0.5, 0.6) is 17.2 Å². The van der Waals surface area contributed by atoms with Crippen molar-refractivity contribution in [2.75, 3.05) is 20.3 Å². The van der Waals surface area contributed by atoms with Gasteiger partial charge in [0.1, 0.15) is 23.8 Å². The van der Waals surface area contributed by atoms with Crippen molar-refractivity contribution in [3.63, 3.8) is 0 Å². The molecule has 1 aromatic heterocycles. The summed E-state index contributed by atoms with van der Waals surface area (Å²) in [4.78, 5) is 0. The van der Waals surface area contributed by atoms with Crippen LogP contribution in [-0.4, -0.2) is 24.9 Å². The average molecular weight is 608 g/mol. The van der Waals surface area contributed by atoms with Gasteiger partial charge in [-0.2, -0.15) is 0 Å². The van der Waals surface area contributed by atoms with E-state index in [9.17, 15) is 0 Å². The van der Waals surface area contributed by atoms with Crippen LogP contribution >= 0.6 is 0 Å². The number of benzene rings is 4. The molecule has 0 amide bonds. The smallest absolute Gasteiger partial charge is 0.290 e. The Morgan fingerprint density at radius 2 is 1.31 bits per heavy atom. The summed E-state index contributed by atoms with van der Waals surface area (Å²) in [6, 6.07) is 28.0. The van der Waals surface area contributed by atoms with Gasteiger partial charge in [-0.15, -0.1) is 0 Å². The van der Waals surface area contributed by atoms with Crippen LogP contribution < -0.4 is 18.8 Å². The van der Waals surface area contributed by atoms with E-state index < -0.39 is 0 Å². The number of rotatable bonds is 15. The zero-order valence-corrected chi connectivity index (χ0v) is 28.3. The molecule has 0 bridgehead atoms. The first-order chi connectivity index (χ1) is 21.8. The van der Waals surface area contributed by atoms with E-state index in [-0.39, 0.29) is 0 Å². The molecule has 0 spiro atoms. The van der Waals surface area contributed by atoms with Crippen molar-refractivity contribution in [1.29, 1.82) is 0 Å². The number of para-hydroxylation sites is 2. The zero-order chi connectivity index (χ0) is 31.9. The third kappa shape index (κ3) is 7.64. The fourth-order valence-electron chi connectivity index (χ4n) is 5.87. The lowest BCUT2D eigenvalue weighted by Crippen LogP contribution is -2.36. The van der Waals surface area contributed by atoms with Gasteiger partial charge in [0.2, 0.25) is 0 Å². The Balaban J connectivity index is 1.71. The average Bonchev–Trinajstić information content (AvgIpc) is 3.33. The van der Waals surface area contributed by atoms with E-state index in [0.29, 0.717) is 37.5 Å². The molecule has 0 N–H and O–H groups in total. The summed E-state index contributed by atoms with van der Waals surface area (Å²) in [6.45, 7) is 16.5. The molecule has 5 rings (SSSR count). The van der Waals surface area contributed by atoms with Gasteiger partial charge >= 0.3 is 0 Å². The molecular formula is C40H51N2O3+. The van der Waals surface area contributed by atoms with Gasteiger partial charge in [0.05, 0.1) is 32.4 Å². The van der Waals surface area contributed by atoms with Crippen LogP contribution in [0.4, 0.5) is 0 Å². The van der Waals surface area contributed by atoms with Crippen molar-refractivity contribution < 1.29 is 18.8 Å². The van der Waals surface area contributed by atoms with Gasteiger partial charge in [0, 0.05) is 16.3 Å². The molecule has 5 nitrogen and oxygen atoms in total. The normalized spacial score (nSPS) is 11.8. The molecule has 0 fully saturated rings. The molecule has 0 aliphatic rings. The minimum absolute atomic E-state index is 0.563. The maximum Gasteiger partial charge on any atom is 0.290 e. The molecule has 238 valence electrons. The number of hydrogen-bond acceptors (Lipinski definition) is 3. The fourth-order valence-corrected chi connectivity index (χ4v) is 5.87. The summed E-state index contributed by atoms with van der Waals surface area (Å²) < 4.78 is 23.7. The van der Waals surface area contributed by atoms with Gasteiger partial charge in [0.25, 0.3) is 5.82 Å². The number of imidazole rings is 1. The van der Waals surface area contributed by atoms with Crippen molar-refractivity contribution in [3.05, 3.63) is 84.4 Å². The highest BCUT2D eigenvalue weighted by Crippen LogP contribution is 2.38. The highest BCUT2D eigenvalue weighted by atomic mass is 16.5. The van der Waals surface area contributed by atoms with Crippen molar-refractivity contribution >= 4 is 21.8 Å². The summed E-state index contributed by atoms with van der Waals surface area (Å²) in [7, 11) is 1.72. The van der Waals surface area contributed by atoms with Crippen molar-refractivity contribution in [2.45, 2.75) is 73.9 Å². The number of aromatic nitrogens is 2. The lowest BCUT2D eigenvalue weighted by atomic mass is 10.0. The quantitative estimate of drug-likeness (QED) is 0.111. The van der Waals surface area contributed by atoms with Gasteiger partial charge in [-0.25, -0.2) is 9.13 Å². The second-order valence-corrected chi connectivity index (χ2v) is 13.4. The molecule has 0 saturated carbocycles. The van der Waals surface area contributed by atoms with Crippen LogP contribution in [0.2, 0.25) is 0 Å². The molecule has 0 atom stereocenters. The predicted octanol–water partition coefficient (Wildman–Crippen LogP) is 9.70. The van der Waals surface area contributed by atoms with E-state index in [4.69, 9.17) is 14.2 Å². The maximum atomic E-state index is 6.71. The standard InChI is InChI=1S/C40H51N2O3/c1-28(2)20-23-41-36-14-10-11-15-37(36)42(40(41)31-16-18-33(43-7)19-17-31)27-32-26-38(44-24-21-29(3)4)34-12-8-9-13-35(34)39(32)45-25-22-30(5)6/h8-19,26,28-30H,20-25,27H2,1-7H3/q+1. The fraction of sp³-hybridized carbons (Fsp3) is 0.425. The van der Waals surface area contributed by atoms with E-state index in [1.165, 1.54) is 16.9 Å². The Morgan fingerprint density at radius 1 is 0.689 bits per heavy atom. The molecule has 5 heteroatoms. The lowest BCUT2D eigenvalue weighted by Gasteiger charge is -2.19. The largest absolute Gasteiger partial charge is 0.497 e. The monoisotopic (exact) mass is 607 g/mol. The van der Waals surface area contributed by atoms with Gasteiger partial charge in [-0.1, -0.05) is 77.9 Å². The van der Waals surface area contributed by atoms with Crippen LogP contribution in [-0.2, 0) is 13.1 Å². The second-order valence-electron chi connectivity index (χ2n) is 13.4. The van der Waals surface area contributed by atoms with Crippen molar-refractivity contribution in [1.82, 2.24) is 4.57 Å². The minimum atomic E-state index is 0.563. The topological polar surface area (TPSA) is 36.5 Å². The maximum absolute atomic E-state index is 6.71. The molecule has 1 heterocycles. The Labute approximate surface area is 269 Å². The number of ether oxygens (including phenoxy) is 3.